The summed E-state index contributed by atoms with van der Waals surface area (Å²) in [7, 11) is 0. The van der Waals surface area contributed by atoms with Crippen LogP contribution in [0.1, 0.15) is 49.1 Å². The summed E-state index contributed by atoms with van der Waals surface area (Å²) in [6.07, 6.45) is 6.20. The van der Waals surface area contributed by atoms with Crippen molar-refractivity contribution in [1.29, 1.82) is 5.26 Å². The van der Waals surface area contributed by atoms with Gasteiger partial charge in [-0.15, -0.1) is 0 Å². The second-order valence-electron chi connectivity index (χ2n) is 7.88. The SMILES string of the molecule is N#CC1(c2ccc(Cl)cc2)C(c2cccc(Cl)c2)CNC1C1CCCCC1. The minimum Gasteiger partial charge on any atom is -0.311 e. The van der Waals surface area contributed by atoms with Crippen LogP contribution in [0.15, 0.2) is 48.5 Å². The van der Waals surface area contributed by atoms with E-state index >= 15 is 0 Å². The van der Waals surface area contributed by atoms with Crippen LogP contribution in [0.3, 0.4) is 0 Å². The molecular formula is C23H24Cl2N2. The fraction of sp³-hybridized carbons (Fsp3) is 0.435. The smallest absolute Gasteiger partial charge is 0.106 e. The quantitative estimate of drug-likeness (QED) is 0.678. The summed E-state index contributed by atoms with van der Waals surface area (Å²) in [5.41, 5.74) is 1.57. The van der Waals surface area contributed by atoms with Crippen molar-refractivity contribution < 1.29 is 0 Å². The van der Waals surface area contributed by atoms with Gasteiger partial charge in [-0.3, -0.25) is 0 Å². The standard InChI is InChI=1S/C23H24Cl2N2/c24-19-11-9-18(10-12-19)23(15-26)21(17-7-4-8-20(25)13-17)14-27-22(23)16-5-2-1-3-6-16/h4,7-13,16,21-22,27H,1-3,5-6,14H2. The number of hydrogen-bond donors (Lipinski definition) is 1. The van der Waals surface area contributed by atoms with Gasteiger partial charge in [0, 0.05) is 28.5 Å². The molecule has 3 unspecified atom stereocenters. The Kier molecular flexibility index (Phi) is 5.46. The molecule has 0 spiro atoms. The van der Waals surface area contributed by atoms with E-state index in [2.05, 4.69) is 17.5 Å². The molecule has 140 valence electrons. The van der Waals surface area contributed by atoms with Crippen molar-refractivity contribution in [3.05, 3.63) is 69.7 Å². The van der Waals surface area contributed by atoms with Crippen molar-refractivity contribution in [3.63, 3.8) is 0 Å². The van der Waals surface area contributed by atoms with Gasteiger partial charge in [0.1, 0.15) is 5.41 Å². The van der Waals surface area contributed by atoms with Crippen molar-refractivity contribution >= 4 is 23.2 Å². The van der Waals surface area contributed by atoms with Gasteiger partial charge in [-0.05, 0) is 54.2 Å². The molecule has 1 N–H and O–H groups in total. The first-order valence-electron chi connectivity index (χ1n) is 9.81. The van der Waals surface area contributed by atoms with E-state index in [-0.39, 0.29) is 12.0 Å². The summed E-state index contributed by atoms with van der Waals surface area (Å²) in [4.78, 5) is 0. The molecule has 1 heterocycles. The highest BCUT2D eigenvalue weighted by Crippen LogP contribution is 2.50. The summed E-state index contributed by atoms with van der Waals surface area (Å²) in [6, 6.07) is 18.8. The molecule has 1 aliphatic heterocycles. The maximum Gasteiger partial charge on any atom is 0.106 e. The number of benzene rings is 2. The molecule has 2 fully saturated rings. The molecule has 2 nitrogen and oxygen atoms in total. The zero-order chi connectivity index (χ0) is 18.9. The van der Waals surface area contributed by atoms with Gasteiger partial charge in [-0.1, -0.05) is 66.7 Å². The van der Waals surface area contributed by atoms with Gasteiger partial charge in [-0.2, -0.15) is 5.26 Å². The monoisotopic (exact) mass is 398 g/mol. The van der Waals surface area contributed by atoms with Crippen LogP contribution in [0.25, 0.3) is 0 Å². The predicted molar refractivity (Wildman–Crippen MR) is 111 cm³/mol. The van der Waals surface area contributed by atoms with Gasteiger partial charge in [0.15, 0.2) is 0 Å². The largest absolute Gasteiger partial charge is 0.311 e. The Labute approximate surface area is 171 Å². The van der Waals surface area contributed by atoms with Gasteiger partial charge in [-0.25, -0.2) is 0 Å². The van der Waals surface area contributed by atoms with E-state index in [0.717, 1.165) is 22.7 Å². The van der Waals surface area contributed by atoms with Gasteiger partial charge in [0.25, 0.3) is 0 Å². The fourth-order valence-corrected chi connectivity index (χ4v) is 5.54. The molecule has 4 rings (SSSR count). The van der Waals surface area contributed by atoms with E-state index in [1.54, 1.807) is 0 Å². The van der Waals surface area contributed by atoms with Crippen LogP contribution in [0.2, 0.25) is 10.0 Å². The highest BCUT2D eigenvalue weighted by molar-refractivity contribution is 6.30. The zero-order valence-electron chi connectivity index (χ0n) is 15.3. The predicted octanol–water partition coefficient (Wildman–Crippen LogP) is 6.09. The van der Waals surface area contributed by atoms with Crippen LogP contribution in [0.5, 0.6) is 0 Å². The molecule has 1 aliphatic carbocycles. The van der Waals surface area contributed by atoms with Crippen LogP contribution in [-0.4, -0.2) is 12.6 Å². The van der Waals surface area contributed by atoms with Crippen LogP contribution >= 0.6 is 23.2 Å². The number of nitriles is 1. The first kappa shape index (κ1) is 18.8. The Morgan fingerprint density at radius 1 is 0.963 bits per heavy atom. The third-order valence-corrected chi connectivity index (χ3v) is 6.95. The van der Waals surface area contributed by atoms with Crippen molar-refractivity contribution in [2.24, 2.45) is 5.92 Å². The molecule has 2 aromatic rings. The fourth-order valence-electron chi connectivity index (χ4n) is 5.21. The lowest BCUT2D eigenvalue weighted by Gasteiger charge is -2.39. The van der Waals surface area contributed by atoms with Gasteiger partial charge < -0.3 is 5.32 Å². The second kappa shape index (κ2) is 7.84. The molecule has 0 aromatic heterocycles. The van der Waals surface area contributed by atoms with E-state index in [0.29, 0.717) is 10.9 Å². The summed E-state index contributed by atoms with van der Waals surface area (Å²) >= 11 is 12.4. The van der Waals surface area contributed by atoms with Crippen molar-refractivity contribution in [1.82, 2.24) is 5.32 Å². The van der Waals surface area contributed by atoms with Gasteiger partial charge in [0.2, 0.25) is 0 Å². The lowest BCUT2D eigenvalue weighted by molar-refractivity contribution is 0.242. The minimum absolute atomic E-state index is 0.0642. The molecule has 0 radical (unpaired) electrons. The lowest BCUT2D eigenvalue weighted by atomic mass is 9.62. The molecule has 4 heteroatoms. The number of hydrogen-bond acceptors (Lipinski definition) is 2. The third kappa shape index (κ3) is 3.38. The molecule has 1 saturated carbocycles. The van der Waals surface area contributed by atoms with Crippen molar-refractivity contribution in [3.8, 4) is 6.07 Å². The lowest BCUT2D eigenvalue weighted by Crippen LogP contribution is -2.47. The van der Waals surface area contributed by atoms with Gasteiger partial charge >= 0.3 is 0 Å². The van der Waals surface area contributed by atoms with E-state index in [1.165, 1.54) is 32.1 Å². The number of nitrogens with zero attached hydrogens (tertiary/aromatic N) is 1. The Balaban J connectivity index is 1.83. The summed E-state index contributed by atoms with van der Waals surface area (Å²) in [5, 5.41) is 15.8. The summed E-state index contributed by atoms with van der Waals surface area (Å²) in [6.45, 7) is 0.789. The minimum atomic E-state index is -0.614. The zero-order valence-corrected chi connectivity index (χ0v) is 16.8. The molecule has 3 atom stereocenters. The number of halogens is 2. The Morgan fingerprint density at radius 3 is 2.37 bits per heavy atom. The number of nitrogens with one attached hydrogen (secondary N) is 1. The van der Waals surface area contributed by atoms with Crippen LogP contribution in [0.4, 0.5) is 0 Å². The van der Waals surface area contributed by atoms with E-state index in [1.807, 2.05) is 42.5 Å². The van der Waals surface area contributed by atoms with E-state index in [4.69, 9.17) is 23.2 Å². The second-order valence-corrected chi connectivity index (χ2v) is 8.75. The molecule has 27 heavy (non-hydrogen) atoms. The highest BCUT2D eigenvalue weighted by atomic mass is 35.5. The average Bonchev–Trinajstić information content (AvgIpc) is 3.09. The normalized spacial score (nSPS) is 28.8. The third-order valence-electron chi connectivity index (χ3n) is 6.46. The van der Waals surface area contributed by atoms with Crippen LogP contribution < -0.4 is 5.32 Å². The Bertz CT molecular complexity index is 836. The first-order valence-corrected chi connectivity index (χ1v) is 10.6. The molecule has 0 amide bonds. The first-order chi connectivity index (χ1) is 13.1. The molecular weight excluding hydrogens is 375 g/mol. The molecule has 1 saturated heterocycles. The Morgan fingerprint density at radius 2 is 1.70 bits per heavy atom. The maximum atomic E-state index is 10.6. The van der Waals surface area contributed by atoms with E-state index in [9.17, 15) is 5.26 Å². The summed E-state index contributed by atoms with van der Waals surface area (Å²) < 4.78 is 0. The van der Waals surface area contributed by atoms with Crippen molar-refractivity contribution in [2.75, 3.05) is 6.54 Å². The number of rotatable bonds is 3. The molecule has 2 aliphatic rings. The van der Waals surface area contributed by atoms with E-state index < -0.39 is 5.41 Å². The Hall–Kier alpha value is -1.53. The molecule has 2 aromatic carbocycles. The van der Waals surface area contributed by atoms with Crippen LogP contribution in [-0.2, 0) is 5.41 Å². The highest BCUT2D eigenvalue weighted by Gasteiger charge is 2.55. The molecule has 0 bridgehead atoms. The topological polar surface area (TPSA) is 35.8 Å². The van der Waals surface area contributed by atoms with Gasteiger partial charge in [0.05, 0.1) is 6.07 Å². The maximum absolute atomic E-state index is 10.6. The van der Waals surface area contributed by atoms with Crippen molar-refractivity contribution in [2.45, 2.75) is 49.5 Å². The van der Waals surface area contributed by atoms with Crippen LogP contribution in [0, 0.1) is 17.2 Å². The average molecular weight is 399 g/mol. The summed E-state index contributed by atoms with van der Waals surface area (Å²) in [5.74, 6) is 0.590.